The topological polar surface area (TPSA) is 196 Å². The highest BCUT2D eigenvalue weighted by Crippen LogP contribution is 2.21. The molecule has 0 radical (unpaired) electrons. The molecule has 52 heavy (non-hydrogen) atoms. The van der Waals surface area contributed by atoms with Crippen LogP contribution in [0.4, 0.5) is 22.7 Å². The molecule has 0 unspecified atom stereocenters. The van der Waals surface area contributed by atoms with E-state index in [0.717, 1.165) is 11.1 Å². The summed E-state index contributed by atoms with van der Waals surface area (Å²) in [7, 11) is 0. The van der Waals surface area contributed by atoms with Crippen LogP contribution in [-0.4, -0.2) is 32.9 Å². The van der Waals surface area contributed by atoms with Crippen molar-refractivity contribution in [3.05, 3.63) is 140 Å². The van der Waals surface area contributed by atoms with Gasteiger partial charge in [-0.15, -0.1) is 0 Å². The van der Waals surface area contributed by atoms with Crippen molar-refractivity contribution in [2.45, 2.75) is 35.1 Å². The second-order valence-electron chi connectivity index (χ2n) is 11.3. The summed E-state index contributed by atoms with van der Waals surface area (Å²) < 4.78 is 0. The average Bonchev–Trinajstić information content (AvgIpc) is 3.08. The minimum absolute atomic E-state index is 0. The average molecular weight is 723 g/mol. The molecule has 4 aromatic carbocycles. The lowest BCUT2D eigenvalue weighted by atomic mass is 10.1. The first-order chi connectivity index (χ1) is 24.2. The van der Waals surface area contributed by atoms with Gasteiger partial charge in [0.2, 0.25) is 22.0 Å². The number of fused-ring (bicyclic) bond motifs is 2. The predicted octanol–water partition coefficient (Wildman–Crippen LogP) is 7.13. The molecule has 6 rings (SSSR count). The molecule has 0 spiro atoms. The summed E-state index contributed by atoms with van der Waals surface area (Å²) in [5.74, 6) is -1.17. The molecule has 0 aliphatic carbocycles. The first-order valence-electron chi connectivity index (χ1n) is 15.5. The fourth-order valence-electron chi connectivity index (χ4n) is 4.81. The number of benzene rings is 4. The number of carbonyl (C=O) groups excluding carboxylic acids is 4. The van der Waals surface area contributed by atoms with Gasteiger partial charge in [-0.25, -0.2) is 0 Å². The van der Waals surface area contributed by atoms with Crippen LogP contribution in [0.5, 0.6) is 0 Å². The van der Waals surface area contributed by atoms with Gasteiger partial charge in [-0.3, -0.25) is 28.8 Å². The number of nitrogen functional groups attached to an aromatic ring is 1. The molecule has 0 saturated carbocycles. The third-order valence-corrected chi connectivity index (χ3v) is 7.41. The van der Waals surface area contributed by atoms with Crippen LogP contribution in [0, 0.1) is 13.8 Å². The second-order valence-corrected chi connectivity index (χ2v) is 11.8. The Kier molecular flexibility index (Phi) is 13.8. The van der Waals surface area contributed by atoms with Crippen molar-refractivity contribution < 1.29 is 19.2 Å². The van der Waals surface area contributed by atoms with Crippen molar-refractivity contribution in [3.8, 4) is 0 Å². The van der Waals surface area contributed by atoms with Crippen LogP contribution in [0.15, 0.2) is 107 Å². The van der Waals surface area contributed by atoms with Gasteiger partial charge in [0.15, 0.2) is 0 Å². The van der Waals surface area contributed by atoms with Gasteiger partial charge in [0, 0.05) is 70.8 Å². The first kappa shape index (κ1) is 39.9. The summed E-state index contributed by atoms with van der Waals surface area (Å²) in [5.41, 5.74) is 10.7. The third-order valence-electron chi connectivity index (χ3n) is 7.41. The number of nitrogens with two attached hydrogens (primary N) is 1. The van der Waals surface area contributed by atoms with Crippen molar-refractivity contribution in [3.63, 3.8) is 0 Å². The fraction of sp³-hybridized carbons (Fsp3) is 0.128. The Hall–Kier alpha value is -6.53. The van der Waals surface area contributed by atoms with E-state index in [-0.39, 0.29) is 40.6 Å². The van der Waals surface area contributed by atoms with Gasteiger partial charge in [-0.05, 0) is 85.1 Å². The summed E-state index contributed by atoms with van der Waals surface area (Å²) in [5, 5.41) is 8.67. The van der Waals surface area contributed by atoms with E-state index in [0.29, 0.717) is 44.6 Å². The molecule has 0 bridgehead atoms. The maximum Gasteiger partial charge on any atom is 0.261 e. The van der Waals surface area contributed by atoms with Gasteiger partial charge in [-0.2, -0.15) is 0 Å². The van der Waals surface area contributed by atoms with Gasteiger partial charge in [0.1, 0.15) is 11.1 Å². The lowest BCUT2D eigenvalue weighted by Crippen LogP contribution is -2.22. The van der Waals surface area contributed by atoms with E-state index < -0.39 is 11.8 Å². The van der Waals surface area contributed by atoms with Crippen molar-refractivity contribution in [1.82, 2.24) is 9.97 Å². The standard InChI is InChI=1S/C19H17N3O3.C17H15N3O2.C2H3ClO.CH4/c1-11-7-8-13(9-17(11)21-12(2)23)22-19(25)15-10-20-16-6-4-3-5-14(16)18(15)24;1-10-6-7-11(8-14(10)18)20-17(22)13-9-19-15-5-3-2-4-12(15)16(13)21;1-2(3)4;/h3-10H,1-2H3,(H,20,24)(H,21,23)(H,22,25);2-9H,18H2,1H3,(H,19,21)(H,20,22);1H3;1H4. The number of nitrogens with one attached hydrogen (secondary N) is 5. The Morgan fingerprint density at radius 2 is 1.06 bits per heavy atom. The molecule has 268 valence electrons. The van der Waals surface area contributed by atoms with Crippen LogP contribution in [0.1, 0.15) is 53.1 Å². The molecule has 2 heterocycles. The molecule has 2 aromatic heterocycles. The molecular weight excluding hydrogens is 684 g/mol. The molecule has 12 nitrogen and oxygen atoms in total. The van der Waals surface area contributed by atoms with E-state index in [1.54, 1.807) is 66.7 Å². The van der Waals surface area contributed by atoms with Crippen LogP contribution < -0.4 is 32.5 Å². The number of aromatic nitrogens is 2. The van der Waals surface area contributed by atoms with Gasteiger partial charge in [-0.1, -0.05) is 43.8 Å². The number of amides is 3. The van der Waals surface area contributed by atoms with Crippen LogP contribution >= 0.6 is 11.6 Å². The number of hydrogen-bond donors (Lipinski definition) is 6. The highest BCUT2D eigenvalue weighted by atomic mass is 35.5. The Labute approximate surface area is 304 Å². The Balaban J connectivity index is 0.000000251. The fourth-order valence-corrected chi connectivity index (χ4v) is 4.81. The van der Waals surface area contributed by atoms with Crippen LogP contribution in [-0.2, 0) is 9.59 Å². The quantitative estimate of drug-likeness (QED) is 0.0804. The smallest absolute Gasteiger partial charge is 0.261 e. The van der Waals surface area contributed by atoms with E-state index in [1.165, 1.54) is 26.2 Å². The second kappa shape index (κ2) is 17.9. The SMILES string of the molecule is C.CC(=O)Cl.CC(=O)Nc1cc(NC(=O)c2c[nH]c3ccccc3c2=O)ccc1C.Cc1ccc(NC(=O)c2c[nH]c3ccccc3c2=O)cc1N. The summed E-state index contributed by atoms with van der Waals surface area (Å²) in [4.78, 5) is 76.0. The number of para-hydroxylation sites is 2. The van der Waals surface area contributed by atoms with Crippen LogP contribution in [0.2, 0.25) is 0 Å². The molecule has 6 aromatic rings. The number of H-pyrrole nitrogens is 2. The van der Waals surface area contributed by atoms with E-state index in [1.807, 2.05) is 32.0 Å². The number of hydrogen-bond acceptors (Lipinski definition) is 7. The van der Waals surface area contributed by atoms with Crippen molar-refractivity contribution in [1.29, 1.82) is 0 Å². The molecule has 3 amide bonds. The summed E-state index contributed by atoms with van der Waals surface area (Å²) in [6.45, 7) is 6.45. The number of carbonyl (C=O) groups is 4. The highest BCUT2D eigenvalue weighted by molar-refractivity contribution is 6.62. The van der Waals surface area contributed by atoms with Gasteiger partial charge < -0.3 is 31.7 Å². The number of aromatic amines is 2. The molecule has 13 heteroatoms. The molecule has 0 aliphatic rings. The number of rotatable bonds is 5. The summed E-state index contributed by atoms with van der Waals surface area (Å²) in [6, 6.07) is 24.5. The lowest BCUT2D eigenvalue weighted by Gasteiger charge is -2.10. The zero-order chi connectivity index (χ0) is 37.2. The van der Waals surface area contributed by atoms with Gasteiger partial charge >= 0.3 is 0 Å². The van der Waals surface area contributed by atoms with Gasteiger partial charge in [0.25, 0.3) is 11.8 Å². The Morgan fingerprint density at radius 1 is 0.635 bits per heavy atom. The Bertz CT molecular complexity index is 2400. The third kappa shape index (κ3) is 10.2. The molecule has 0 atom stereocenters. The maximum absolute atomic E-state index is 12.5. The predicted molar refractivity (Wildman–Crippen MR) is 209 cm³/mol. The molecule has 0 fully saturated rings. The normalized spacial score (nSPS) is 10.0. The zero-order valence-corrected chi connectivity index (χ0v) is 28.9. The minimum atomic E-state index is -0.510. The summed E-state index contributed by atoms with van der Waals surface area (Å²) in [6.07, 6.45) is 2.83. The Morgan fingerprint density at radius 3 is 1.50 bits per heavy atom. The van der Waals surface area contributed by atoms with Crippen molar-refractivity contribution in [2.24, 2.45) is 0 Å². The number of aryl methyl sites for hydroxylation is 2. The van der Waals surface area contributed by atoms with Crippen molar-refractivity contribution in [2.75, 3.05) is 21.7 Å². The minimum Gasteiger partial charge on any atom is -0.398 e. The van der Waals surface area contributed by atoms with Crippen molar-refractivity contribution >= 4 is 79.1 Å². The zero-order valence-electron chi connectivity index (χ0n) is 28.1. The largest absolute Gasteiger partial charge is 0.398 e. The maximum atomic E-state index is 12.5. The van der Waals surface area contributed by atoms with Crippen LogP contribution in [0.3, 0.4) is 0 Å². The number of anilines is 4. The first-order valence-corrected chi connectivity index (χ1v) is 15.9. The summed E-state index contributed by atoms with van der Waals surface area (Å²) >= 11 is 4.64. The lowest BCUT2D eigenvalue weighted by molar-refractivity contribution is -0.114. The van der Waals surface area contributed by atoms with E-state index in [2.05, 4.69) is 37.5 Å². The molecular formula is C39H39ClN6O6. The van der Waals surface area contributed by atoms with Crippen LogP contribution in [0.25, 0.3) is 21.8 Å². The van der Waals surface area contributed by atoms with Gasteiger partial charge in [0.05, 0.1) is 0 Å². The van der Waals surface area contributed by atoms with E-state index in [9.17, 15) is 28.8 Å². The monoisotopic (exact) mass is 722 g/mol. The number of halogens is 1. The molecule has 0 saturated heterocycles. The van der Waals surface area contributed by atoms with E-state index >= 15 is 0 Å². The number of pyridine rings is 2. The van der Waals surface area contributed by atoms with E-state index in [4.69, 9.17) is 5.73 Å². The molecule has 0 aliphatic heterocycles. The highest BCUT2D eigenvalue weighted by Gasteiger charge is 2.15. The molecule has 7 N–H and O–H groups in total.